The SMILES string of the molecule is Cn1nccc1CCNCCCCC(C)(C)/C(N)=N/O. The van der Waals surface area contributed by atoms with E-state index in [-0.39, 0.29) is 5.41 Å². The standard InChI is InChI=1S/C14H27N5O/c1-14(2,13(15)18-20)8-4-5-9-16-10-6-12-7-11-17-19(12)3/h7,11,16,20H,4-6,8-10H2,1-3H3,(H2,15,18). The van der Waals surface area contributed by atoms with Gasteiger partial charge >= 0.3 is 0 Å². The normalized spacial score (nSPS) is 12.8. The summed E-state index contributed by atoms with van der Waals surface area (Å²) >= 11 is 0. The highest BCUT2D eigenvalue weighted by atomic mass is 16.4. The number of amidine groups is 1. The van der Waals surface area contributed by atoms with Gasteiger partial charge in [0.05, 0.1) is 0 Å². The van der Waals surface area contributed by atoms with Crippen molar-refractivity contribution in [3.05, 3.63) is 18.0 Å². The zero-order chi connectivity index (χ0) is 15.0. The van der Waals surface area contributed by atoms with E-state index in [0.29, 0.717) is 5.84 Å². The van der Waals surface area contributed by atoms with Crippen LogP contribution in [-0.4, -0.2) is 33.9 Å². The number of unbranched alkanes of at least 4 members (excludes halogenated alkanes) is 1. The number of aryl methyl sites for hydroxylation is 1. The predicted octanol–water partition coefficient (Wildman–Crippen LogP) is 1.50. The molecule has 1 rings (SSSR count). The average molecular weight is 281 g/mol. The van der Waals surface area contributed by atoms with Gasteiger partial charge in [-0.15, -0.1) is 0 Å². The largest absolute Gasteiger partial charge is 0.409 e. The Labute approximate surface area is 121 Å². The number of hydrogen-bond acceptors (Lipinski definition) is 4. The van der Waals surface area contributed by atoms with Gasteiger partial charge in [-0.3, -0.25) is 4.68 Å². The highest BCUT2D eigenvalue weighted by Crippen LogP contribution is 2.22. The van der Waals surface area contributed by atoms with Crippen molar-refractivity contribution in [2.24, 2.45) is 23.4 Å². The number of rotatable bonds is 9. The van der Waals surface area contributed by atoms with Gasteiger partial charge in [0.1, 0.15) is 5.84 Å². The Bertz CT molecular complexity index is 425. The highest BCUT2D eigenvalue weighted by molar-refractivity contribution is 5.85. The average Bonchev–Trinajstić information content (AvgIpc) is 2.82. The molecule has 0 unspecified atom stereocenters. The van der Waals surface area contributed by atoms with Gasteiger partial charge in [-0.2, -0.15) is 5.10 Å². The maximum absolute atomic E-state index is 8.70. The highest BCUT2D eigenvalue weighted by Gasteiger charge is 2.22. The van der Waals surface area contributed by atoms with Crippen LogP contribution in [-0.2, 0) is 13.5 Å². The van der Waals surface area contributed by atoms with Crippen molar-refractivity contribution >= 4 is 5.84 Å². The second kappa shape index (κ2) is 7.89. The first-order valence-electron chi connectivity index (χ1n) is 7.13. The van der Waals surface area contributed by atoms with Gasteiger partial charge in [-0.25, -0.2) is 0 Å². The van der Waals surface area contributed by atoms with Crippen molar-refractivity contribution in [2.75, 3.05) is 13.1 Å². The minimum absolute atomic E-state index is 0.233. The molecule has 0 radical (unpaired) electrons. The zero-order valence-corrected chi connectivity index (χ0v) is 12.8. The summed E-state index contributed by atoms with van der Waals surface area (Å²) in [5.41, 5.74) is 6.67. The fourth-order valence-corrected chi connectivity index (χ4v) is 2.07. The third-order valence-electron chi connectivity index (χ3n) is 3.69. The van der Waals surface area contributed by atoms with Gasteiger partial charge in [0.15, 0.2) is 0 Å². The van der Waals surface area contributed by atoms with E-state index in [1.165, 1.54) is 5.69 Å². The molecule has 0 aromatic carbocycles. The van der Waals surface area contributed by atoms with Gasteiger partial charge in [-0.05, 0) is 25.5 Å². The lowest BCUT2D eigenvalue weighted by atomic mass is 9.86. The third-order valence-corrected chi connectivity index (χ3v) is 3.69. The Balaban J connectivity index is 2.07. The molecule has 1 aromatic heterocycles. The summed E-state index contributed by atoms with van der Waals surface area (Å²) in [4.78, 5) is 0. The molecule has 20 heavy (non-hydrogen) atoms. The van der Waals surface area contributed by atoms with Gasteiger partial charge in [0, 0.05) is 37.3 Å². The van der Waals surface area contributed by atoms with Crippen LogP contribution in [0.4, 0.5) is 0 Å². The Morgan fingerprint density at radius 1 is 1.45 bits per heavy atom. The molecule has 4 N–H and O–H groups in total. The van der Waals surface area contributed by atoms with Gasteiger partial charge in [0.25, 0.3) is 0 Å². The lowest BCUT2D eigenvalue weighted by Gasteiger charge is -2.22. The Hall–Kier alpha value is -1.56. The van der Waals surface area contributed by atoms with E-state index in [1.807, 2.05) is 37.8 Å². The Morgan fingerprint density at radius 3 is 2.80 bits per heavy atom. The molecular weight excluding hydrogens is 254 g/mol. The number of nitrogens with one attached hydrogen (secondary N) is 1. The lowest BCUT2D eigenvalue weighted by Crippen LogP contribution is -2.32. The summed E-state index contributed by atoms with van der Waals surface area (Å²) in [6.07, 6.45) is 5.89. The van der Waals surface area contributed by atoms with Gasteiger partial charge in [-0.1, -0.05) is 25.4 Å². The van der Waals surface area contributed by atoms with E-state index >= 15 is 0 Å². The fourth-order valence-electron chi connectivity index (χ4n) is 2.07. The van der Waals surface area contributed by atoms with Crippen LogP contribution in [0.2, 0.25) is 0 Å². The summed E-state index contributed by atoms with van der Waals surface area (Å²) in [6.45, 7) is 5.95. The molecule has 0 aliphatic heterocycles. The maximum Gasteiger partial charge on any atom is 0.144 e. The molecule has 0 spiro atoms. The number of oxime groups is 1. The number of nitrogens with two attached hydrogens (primary N) is 1. The number of nitrogens with zero attached hydrogens (tertiary/aromatic N) is 3. The summed E-state index contributed by atoms with van der Waals surface area (Å²) in [7, 11) is 1.96. The molecule has 6 heteroatoms. The minimum atomic E-state index is -0.233. The molecule has 6 nitrogen and oxygen atoms in total. The van der Waals surface area contributed by atoms with Crippen molar-refractivity contribution in [3.63, 3.8) is 0 Å². The lowest BCUT2D eigenvalue weighted by molar-refractivity contribution is 0.304. The molecule has 0 fully saturated rings. The third kappa shape index (κ3) is 5.21. The summed E-state index contributed by atoms with van der Waals surface area (Å²) in [5.74, 6) is 0.307. The summed E-state index contributed by atoms with van der Waals surface area (Å²) < 4.78 is 1.90. The monoisotopic (exact) mass is 281 g/mol. The first kappa shape index (κ1) is 16.5. The van der Waals surface area contributed by atoms with Crippen LogP contribution in [0.5, 0.6) is 0 Å². The molecule has 0 aliphatic rings. The molecule has 114 valence electrons. The quantitative estimate of drug-likeness (QED) is 0.210. The molecule has 0 bridgehead atoms. The molecule has 1 aromatic rings. The van der Waals surface area contributed by atoms with Crippen LogP contribution in [0.3, 0.4) is 0 Å². The van der Waals surface area contributed by atoms with E-state index in [4.69, 9.17) is 10.9 Å². The van der Waals surface area contributed by atoms with Crippen molar-refractivity contribution in [2.45, 2.75) is 39.5 Å². The first-order chi connectivity index (χ1) is 9.47. The predicted molar refractivity (Wildman–Crippen MR) is 80.8 cm³/mol. The van der Waals surface area contributed by atoms with Crippen LogP contribution in [0.25, 0.3) is 0 Å². The smallest absolute Gasteiger partial charge is 0.144 e. The van der Waals surface area contributed by atoms with Crippen molar-refractivity contribution in [3.8, 4) is 0 Å². The Kier molecular flexibility index (Phi) is 6.51. The number of hydrogen-bond donors (Lipinski definition) is 3. The van der Waals surface area contributed by atoms with Gasteiger partial charge < -0.3 is 16.3 Å². The zero-order valence-electron chi connectivity index (χ0n) is 12.8. The Morgan fingerprint density at radius 2 is 2.20 bits per heavy atom. The van der Waals surface area contributed by atoms with Crippen molar-refractivity contribution < 1.29 is 5.21 Å². The van der Waals surface area contributed by atoms with Crippen LogP contribution in [0.15, 0.2) is 17.4 Å². The maximum atomic E-state index is 8.70. The molecular formula is C14H27N5O. The van der Waals surface area contributed by atoms with Crippen LogP contribution < -0.4 is 11.1 Å². The van der Waals surface area contributed by atoms with Gasteiger partial charge in [0.2, 0.25) is 0 Å². The molecule has 1 heterocycles. The second-order valence-corrected chi connectivity index (χ2v) is 5.77. The van der Waals surface area contributed by atoms with Crippen LogP contribution >= 0.6 is 0 Å². The van der Waals surface area contributed by atoms with Crippen LogP contribution in [0, 0.1) is 5.41 Å². The molecule has 0 saturated carbocycles. The van der Waals surface area contributed by atoms with Crippen molar-refractivity contribution in [1.82, 2.24) is 15.1 Å². The summed E-state index contributed by atoms with van der Waals surface area (Å²) in [5, 5.41) is 19.4. The second-order valence-electron chi connectivity index (χ2n) is 5.77. The molecule has 0 atom stereocenters. The fraction of sp³-hybridized carbons (Fsp3) is 0.714. The summed E-state index contributed by atoms with van der Waals surface area (Å²) in [6, 6.07) is 2.04. The minimum Gasteiger partial charge on any atom is -0.409 e. The van der Waals surface area contributed by atoms with E-state index in [1.54, 1.807) is 0 Å². The topological polar surface area (TPSA) is 88.5 Å². The van der Waals surface area contributed by atoms with E-state index < -0.39 is 0 Å². The van der Waals surface area contributed by atoms with E-state index in [0.717, 1.165) is 38.8 Å². The number of aromatic nitrogens is 2. The van der Waals surface area contributed by atoms with Crippen LogP contribution in [0.1, 0.15) is 38.8 Å². The van der Waals surface area contributed by atoms with E-state index in [2.05, 4.69) is 15.6 Å². The van der Waals surface area contributed by atoms with E-state index in [9.17, 15) is 0 Å². The van der Waals surface area contributed by atoms with Crippen molar-refractivity contribution in [1.29, 1.82) is 0 Å². The molecule has 0 amide bonds. The first-order valence-corrected chi connectivity index (χ1v) is 7.13. The molecule has 0 saturated heterocycles. The molecule has 0 aliphatic carbocycles.